The molecule has 0 aliphatic rings. The fourth-order valence-electron chi connectivity index (χ4n) is 2.42. The normalized spacial score (nSPS) is 13.5. The number of esters is 1. The molecule has 1 N–H and O–H groups in total. The Labute approximate surface area is 190 Å². The van der Waals surface area contributed by atoms with E-state index < -0.39 is 32.0 Å². The van der Waals surface area contributed by atoms with Crippen LogP contribution in [0.3, 0.4) is 0 Å². The van der Waals surface area contributed by atoms with Crippen LogP contribution in [-0.2, 0) is 31.7 Å². The first kappa shape index (κ1) is 26.7. The Morgan fingerprint density at radius 2 is 1.63 bits per heavy atom. The number of methoxy groups -OCH3 is 1. The van der Waals surface area contributed by atoms with E-state index in [9.17, 15) is 9.59 Å². The van der Waals surface area contributed by atoms with Crippen molar-refractivity contribution >= 4 is 36.3 Å². The molecule has 1 amide bonds. The Kier molecular flexibility index (Phi) is 9.14. The summed E-state index contributed by atoms with van der Waals surface area (Å²) in [5.41, 5.74) is 1.23. The lowest BCUT2D eigenvalue weighted by atomic mass is 10.0. The van der Waals surface area contributed by atoms with Crippen molar-refractivity contribution in [2.45, 2.75) is 84.3 Å². The highest BCUT2D eigenvalue weighted by atomic mass is 79.9. The summed E-state index contributed by atoms with van der Waals surface area (Å²) in [5.74, 6) is -0.528. The van der Waals surface area contributed by atoms with Crippen LogP contribution in [0, 0.1) is 0 Å². The summed E-state index contributed by atoms with van der Waals surface area (Å²) in [6.45, 7) is 16.8. The number of benzene rings is 1. The topological polar surface area (TPSA) is 73.9 Å². The van der Waals surface area contributed by atoms with Crippen LogP contribution in [0.2, 0.25) is 18.1 Å². The van der Waals surface area contributed by atoms with Gasteiger partial charge in [0.1, 0.15) is 11.6 Å². The van der Waals surface area contributed by atoms with Crippen molar-refractivity contribution in [1.29, 1.82) is 0 Å². The molecule has 0 radical (unpaired) electrons. The minimum absolute atomic E-state index is 0.120. The molecule has 0 bridgehead atoms. The maximum absolute atomic E-state index is 12.2. The van der Waals surface area contributed by atoms with E-state index in [1.807, 2.05) is 18.2 Å². The number of hydrogen-bond acceptors (Lipinski definition) is 5. The predicted molar refractivity (Wildman–Crippen MR) is 125 cm³/mol. The van der Waals surface area contributed by atoms with Gasteiger partial charge in [-0.2, -0.15) is 0 Å². The van der Waals surface area contributed by atoms with Crippen LogP contribution >= 0.6 is 15.9 Å². The van der Waals surface area contributed by atoms with Gasteiger partial charge in [0.15, 0.2) is 8.32 Å². The lowest BCUT2D eigenvalue weighted by Crippen LogP contribution is -2.45. The van der Waals surface area contributed by atoms with Gasteiger partial charge in [0.05, 0.1) is 13.7 Å². The Morgan fingerprint density at radius 3 is 2.13 bits per heavy atom. The first-order chi connectivity index (χ1) is 13.5. The van der Waals surface area contributed by atoms with Gasteiger partial charge in [0.2, 0.25) is 0 Å². The van der Waals surface area contributed by atoms with Gasteiger partial charge in [-0.15, -0.1) is 0 Å². The predicted octanol–water partition coefficient (Wildman–Crippen LogP) is 5.58. The molecule has 0 aromatic heterocycles. The van der Waals surface area contributed by atoms with Crippen LogP contribution in [0.15, 0.2) is 22.7 Å². The van der Waals surface area contributed by atoms with Gasteiger partial charge >= 0.3 is 12.1 Å². The summed E-state index contributed by atoms with van der Waals surface area (Å²) in [6.07, 6.45) is -0.382. The molecule has 0 aliphatic carbocycles. The maximum Gasteiger partial charge on any atom is 0.408 e. The van der Waals surface area contributed by atoms with Crippen LogP contribution in [0.4, 0.5) is 4.79 Å². The van der Waals surface area contributed by atoms with E-state index in [0.29, 0.717) is 6.61 Å². The van der Waals surface area contributed by atoms with Gasteiger partial charge in [-0.05, 0) is 62.2 Å². The van der Waals surface area contributed by atoms with Gasteiger partial charge < -0.3 is 19.2 Å². The minimum atomic E-state index is -1.89. The second kappa shape index (κ2) is 10.3. The molecule has 0 unspecified atom stereocenters. The summed E-state index contributed by atoms with van der Waals surface area (Å²) in [6, 6.07) is 5.06. The highest BCUT2D eigenvalue weighted by Gasteiger charge is 2.37. The van der Waals surface area contributed by atoms with E-state index in [1.165, 1.54) is 7.11 Å². The molecule has 30 heavy (non-hydrogen) atoms. The lowest BCUT2D eigenvalue weighted by molar-refractivity contribution is -0.143. The molecule has 0 saturated carbocycles. The summed E-state index contributed by atoms with van der Waals surface area (Å²) in [5, 5.41) is 2.73. The third-order valence-electron chi connectivity index (χ3n) is 5.04. The highest BCUT2D eigenvalue weighted by molar-refractivity contribution is 9.10. The Balaban J connectivity index is 2.98. The number of hydrogen-bond donors (Lipinski definition) is 1. The lowest BCUT2D eigenvalue weighted by Gasteiger charge is -2.36. The highest BCUT2D eigenvalue weighted by Crippen LogP contribution is 2.37. The van der Waals surface area contributed by atoms with E-state index in [-0.39, 0.29) is 11.5 Å². The molecule has 8 heteroatoms. The molecule has 6 nitrogen and oxygen atoms in total. The average molecular weight is 503 g/mol. The van der Waals surface area contributed by atoms with Crippen LogP contribution in [-0.4, -0.2) is 39.1 Å². The molecule has 0 aliphatic heterocycles. The summed E-state index contributed by atoms with van der Waals surface area (Å²) in [4.78, 5) is 24.4. The van der Waals surface area contributed by atoms with Crippen LogP contribution in [0.1, 0.15) is 52.7 Å². The number of nitrogens with one attached hydrogen (secondary N) is 1. The Hall–Kier alpha value is -1.38. The molecular weight excluding hydrogens is 466 g/mol. The van der Waals surface area contributed by atoms with Crippen molar-refractivity contribution in [3.05, 3.63) is 33.8 Å². The first-order valence-electron chi connectivity index (χ1n) is 10.0. The molecule has 1 aromatic carbocycles. The first-order valence-corrected chi connectivity index (χ1v) is 13.7. The fraction of sp³-hybridized carbons (Fsp3) is 0.636. The summed E-state index contributed by atoms with van der Waals surface area (Å²) in [7, 11) is -0.589. The van der Waals surface area contributed by atoms with Crippen molar-refractivity contribution in [3.8, 4) is 0 Å². The number of alkyl carbamates (subject to hydrolysis) is 1. The molecule has 170 valence electrons. The summed E-state index contributed by atoms with van der Waals surface area (Å²) < 4.78 is 17.3. The number of amides is 1. The molecule has 1 aromatic rings. The molecule has 0 heterocycles. The van der Waals surface area contributed by atoms with Crippen molar-refractivity contribution in [2.24, 2.45) is 0 Å². The van der Waals surface area contributed by atoms with Crippen molar-refractivity contribution in [1.82, 2.24) is 5.32 Å². The quantitative estimate of drug-likeness (QED) is 0.389. The zero-order valence-corrected chi connectivity index (χ0v) is 22.2. The van der Waals surface area contributed by atoms with Crippen LogP contribution < -0.4 is 5.32 Å². The average Bonchev–Trinajstić information content (AvgIpc) is 2.55. The summed E-state index contributed by atoms with van der Waals surface area (Å²) >= 11 is 3.54. The smallest absolute Gasteiger partial charge is 0.408 e. The van der Waals surface area contributed by atoms with Crippen LogP contribution in [0.25, 0.3) is 0 Å². The van der Waals surface area contributed by atoms with E-state index >= 15 is 0 Å². The third-order valence-corrected chi connectivity index (χ3v) is 9.98. The number of halogens is 1. The Bertz CT molecular complexity index is 753. The molecule has 0 spiro atoms. The maximum atomic E-state index is 12.2. The van der Waals surface area contributed by atoms with Gasteiger partial charge in [-0.3, -0.25) is 0 Å². The van der Waals surface area contributed by atoms with Crippen molar-refractivity contribution in [2.75, 3.05) is 7.11 Å². The number of carbonyl (C=O) groups is 2. The number of rotatable bonds is 7. The third kappa shape index (κ3) is 8.77. The van der Waals surface area contributed by atoms with Crippen molar-refractivity contribution < 1.29 is 23.5 Å². The van der Waals surface area contributed by atoms with E-state index in [1.54, 1.807) is 20.8 Å². The molecule has 0 fully saturated rings. The molecular formula is C22H36BrNO5Si. The largest absolute Gasteiger partial charge is 0.467 e. The Morgan fingerprint density at radius 1 is 1.07 bits per heavy atom. The van der Waals surface area contributed by atoms with Gasteiger partial charge in [0.25, 0.3) is 0 Å². The van der Waals surface area contributed by atoms with Gasteiger partial charge in [0, 0.05) is 10.9 Å². The number of carbonyl (C=O) groups excluding carboxylic acids is 2. The zero-order chi connectivity index (χ0) is 23.3. The van der Waals surface area contributed by atoms with Gasteiger partial charge in [-0.1, -0.05) is 42.8 Å². The number of ether oxygens (including phenoxy) is 2. The second-order valence-corrected chi connectivity index (χ2v) is 15.7. The molecule has 1 rings (SSSR count). The van der Waals surface area contributed by atoms with E-state index in [0.717, 1.165) is 15.6 Å². The monoisotopic (exact) mass is 501 g/mol. The van der Waals surface area contributed by atoms with E-state index in [4.69, 9.17) is 13.9 Å². The van der Waals surface area contributed by atoms with E-state index in [2.05, 4.69) is 55.1 Å². The fourth-order valence-corrected chi connectivity index (χ4v) is 3.97. The van der Waals surface area contributed by atoms with Crippen molar-refractivity contribution in [3.63, 3.8) is 0 Å². The van der Waals surface area contributed by atoms with Crippen LogP contribution in [0.5, 0.6) is 0 Å². The zero-order valence-electron chi connectivity index (χ0n) is 19.6. The molecule has 1 atom stereocenters. The molecule has 0 saturated heterocycles. The minimum Gasteiger partial charge on any atom is -0.467 e. The standard InChI is InChI=1S/C22H36BrNO5Si/c1-21(2,3)29-20(26)24-18(19(25)27-7)13-15-10-16(12-17(23)11-15)14-28-30(8,9)22(4,5)6/h10-12,18H,13-14H2,1-9H3,(H,24,26)/t18-/m0/s1. The second-order valence-electron chi connectivity index (χ2n) is 9.94. The van der Waals surface area contributed by atoms with Gasteiger partial charge in [-0.25, -0.2) is 9.59 Å². The SMILES string of the molecule is COC(=O)[C@H](Cc1cc(Br)cc(CO[Si](C)(C)C(C)(C)C)c1)NC(=O)OC(C)(C)C.